The summed E-state index contributed by atoms with van der Waals surface area (Å²) >= 11 is 0. The lowest BCUT2D eigenvalue weighted by Gasteiger charge is -2.08. The van der Waals surface area contributed by atoms with Crippen LogP contribution < -0.4 is 15.8 Å². The molecule has 0 fully saturated rings. The number of guanidine groups is 1. The summed E-state index contributed by atoms with van der Waals surface area (Å²) in [5.41, 5.74) is 6.55. The summed E-state index contributed by atoms with van der Waals surface area (Å²) in [6.45, 7) is 6.99. The molecule has 0 amide bonds. The average Bonchev–Trinajstić information content (AvgIpc) is 2.32. The van der Waals surface area contributed by atoms with Crippen molar-refractivity contribution in [2.75, 3.05) is 19.7 Å². The molecule has 4 nitrogen and oxygen atoms in total. The van der Waals surface area contributed by atoms with E-state index in [-0.39, 0.29) is 29.8 Å². The molecule has 0 aliphatic rings. The number of nitrogens with two attached hydrogens (primary N) is 1. The molecule has 1 rings (SSSR count). The van der Waals surface area contributed by atoms with E-state index in [9.17, 15) is 4.39 Å². The maximum absolute atomic E-state index is 12.8. The Bertz CT molecular complexity index is 438. The number of hydrogen-bond donors (Lipinski definition) is 2. The predicted molar refractivity (Wildman–Crippen MR) is 86.6 cm³/mol. The van der Waals surface area contributed by atoms with Crippen LogP contribution in [0.2, 0.25) is 0 Å². The zero-order valence-electron chi connectivity index (χ0n) is 10.9. The fraction of sp³-hybridized carbons (Fsp3) is 0.308. The fourth-order valence-electron chi connectivity index (χ4n) is 1.18. The first-order valence-electron chi connectivity index (χ1n) is 5.64. The van der Waals surface area contributed by atoms with Gasteiger partial charge in [-0.1, -0.05) is 18.2 Å². The van der Waals surface area contributed by atoms with Gasteiger partial charge in [0.05, 0.1) is 13.1 Å². The highest BCUT2D eigenvalue weighted by Gasteiger charge is 1.96. The third-order valence-corrected chi connectivity index (χ3v) is 1.99. The SMILES string of the molecule is C=C(C)CN=C(N)NCCOc1cccc(F)c1.I. The van der Waals surface area contributed by atoms with Crippen LogP contribution in [0.3, 0.4) is 0 Å². The number of aliphatic imine (C=N–C) groups is 1. The van der Waals surface area contributed by atoms with Crippen molar-refractivity contribution in [3.05, 3.63) is 42.2 Å². The molecule has 0 spiro atoms. The van der Waals surface area contributed by atoms with Crippen molar-refractivity contribution in [3.8, 4) is 5.75 Å². The molecule has 0 aliphatic heterocycles. The monoisotopic (exact) mass is 379 g/mol. The van der Waals surface area contributed by atoms with E-state index >= 15 is 0 Å². The highest BCUT2D eigenvalue weighted by Crippen LogP contribution is 2.11. The zero-order chi connectivity index (χ0) is 13.4. The van der Waals surface area contributed by atoms with Gasteiger partial charge in [-0.2, -0.15) is 0 Å². The minimum Gasteiger partial charge on any atom is -0.492 e. The van der Waals surface area contributed by atoms with E-state index in [0.717, 1.165) is 5.57 Å². The summed E-state index contributed by atoms with van der Waals surface area (Å²) in [5, 5.41) is 2.89. The van der Waals surface area contributed by atoms with Gasteiger partial charge in [0.25, 0.3) is 0 Å². The number of nitrogens with zero attached hydrogens (tertiary/aromatic N) is 1. The van der Waals surface area contributed by atoms with Gasteiger partial charge in [0, 0.05) is 6.07 Å². The highest BCUT2D eigenvalue weighted by atomic mass is 127. The molecule has 0 atom stereocenters. The number of nitrogens with one attached hydrogen (secondary N) is 1. The topological polar surface area (TPSA) is 59.6 Å². The zero-order valence-corrected chi connectivity index (χ0v) is 13.2. The summed E-state index contributed by atoms with van der Waals surface area (Å²) in [4.78, 5) is 4.05. The van der Waals surface area contributed by atoms with E-state index in [1.54, 1.807) is 12.1 Å². The Morgan fingerprint density at radius 2 is 2.26 bits per heavy atom. The lowest BCUT2D eigenvalue weighted by molar-refractivity contribution is 0.320. The number of benzene rings is 1. The van der Waals surface area contributed by atoms with Crippen LogP contribution in [-0.2, 0) is 0 Å². The maximum atomic E-state index is 12.8. The fourth-order valence-corrected chi connectivity index (χ4v) is 1.18. The molecule has 3 N–H and O–H groups in total. The van der Waals surface area contributed by atoms with Crippen LogP contribution in [0, 0.1) is 5.82 Å². The van der Waals surface area contributed by atoms with Crippen molar-refractivity contribution in [2.24, 2.45) is 10.7 Å². The Morgan fingerprint density at radius 3 is 2.89 bits per heavy atom. The van der Waals surface area contributed by atoms with Gasteiger partial charge >= 0.3 is 0 Å². The summed E-state index contributed by atoms with van der Waals surface area (Å²) in [7, 11) is 0. The second-order valence-corrected chi connectivity index (χ2v) is 3.89. The number of rotatable bonds is 6. The molecule has 106 valence electrons. The van der Waals surface area contributed by atoms with Crippen LogP contribution in [0.1, 0.15) is 6.92 Å². The minimum absolute atomic E-state index is 0. The first kappa shape index (κ1) is 17.7. The molecular formula is C13H19FIN3O. The van der Waals surface area contributed by atoms with Crippen LogP contribution in [-0.4, -0.2) is 25.7 Å². The second-order valence-electron chi connectivity index (χ2n) is 3.89. The van der Waals surface area contributed by atoms with Gasteiger partial charge in [0.2, 0.25) is 0 Å². The van der Waals surface area contributed by atoms with Gasteiger partial charge in [0.1, 0.15) is 18.2 Å². The highest BCUT2D eigenvalue weighted by molar-refractivity contribution is 14.0. The Hall–Kier alpha value is -1.31. The van der Waals surface area contributed by atoms with Crippen LogP contribution >= 0.6 is 24.0 Å². The largest absolute Gasteiger partial charge is 0.492 e. The molecule has 19 heavy (non-hydrogen) atoms. The number of ether oxygens (including phenoxy) is 1. The van der Waals surface area contributed by atoms with E-state index in [1.807, 2.05) is 6.92 Å². The van der Waals surface area contributed by atoms with Crippen molar-refractivity contribution in [1.29, 1.82) is 0 Å². The van der Waals surface area contributed by atoms with Crippen molar-refractivity contribution < 1.29 is 9.13 Å². The summed E-state index contributed by atoms with van der Waals surface area (Å²) in [5.74, 6) is 0.526. The Balaban J connectivity index is 0.00000324. The van der Waals surface area contributed by atoms with Crippen molar-refractivity contribution >= 4 is 29.9 Å². The normalized spacial score (nSPS) is 10.5. The van der Waals surface area contributed by atoms with Gasteiger partial charge in [-0.3, -0.25) is 0 Å². The lowest BCUT2D eigenvalue weighted by atomic mass is 10.3. The van der Waals surface area contributed by atoms with Gasteiger partial charge in [-0.05, 0) is 19.1 Å². The van der Waals surface area contributed by atoms with Gasteiger partial charge < -0.3 is 15.8 Å². The van der Waals surface area contributed by atoms with E-state index in [4.69, 9.17) is 10.5 Å². The summed E-state index contributed by atoms with van der Waals surface area (Å²) < 4.78 is 18.2. The molecule has 0 saturated carbocycles. The van der Waals surface area contributed by atoms with Crippen molar-refractivity contribution in [3.63, 3.8) is 0 Å². The Morgan fingerprint density at radius 1 is 1.53 bits per heavy atom. The van der Waals surface area contributed by atoms with Crippen LogP contribution in [0.25, 0.3) is 0 Å². The standard InChI is InChI=1S/C13H18FN3O.HI/c1-10(2)9-17-13(15)16-6-7-18-12-5-3-4-11(14)8-12;/h3-5,8H,1,6-7,9H2,2H3,(H3,15,16,17);1H. The maximum Gasteiger partial charge on any atom is 0.189 e. The molecule has 0 aliphatic carbocycles. The average molecular weight is 379 g/mol. The molecule has 6 heteroatoms. The van der Waals surface area contributed by atoms with Crippen molar-refractivity contribution in [1.82, 2.24) is 5.32 Å². The van der Waals surface area contributed by atoms with Gasteiger partial charge in [-0.25, -0.2) is 9.38 Å². The van der Waals surface area contributed by atoms with E-state index < -0.39 is 0 Å². The molecule has 0 bridgehead atoms. The Labute approximate surface area is 130 Å². The number of halogens is 2. The van der Waals surface area contributed by atoms with Gasteiger partial charge in [0.15, 0.2) is 5.96 Å². The molecule has 1 aromatic carbocycles. The molecule has 0 unspecified atom stereocenters. The van der Waals surface area contributed by atoms with E-state index in [0.29, 0.717) is 31.4 Å². The summed E-state index contributed by atoms with van der Waals surface area (Å²) in [6, 6.07) is 5.99. The van der Waals surface area contributed by atoms with Gasteiger partial charge in [-0.15, -0.1) is 24.0 Å². The molecule has 0 heterocycles. The quantitative estimate of drug-likeness (QED) is 0.262. The number of hydrogen-bond acceptors (Lipinski definition) is 2. The molecule has 0 saturated heterocycles. The van der Waals surface area contributed by atoms with E-state index in [1.165, 1.54) is 12.1 Å². The van der Waals surface area contributed by atoms with Crippen LogP contribution in [0.15, 0.2) is 41.4 Å². The smallest absolute Gasteiger partial charge is 0.189 e. The molecule has 0 radical (unpaired) electrons. The molecule has 1 aromatic rings. The Kier molecular flexibility index (Phi) is 8.94. The second kappa shape index (κ2) is 9.60. The van der Waals surface area contributed by atoms with Crippen LogP contribution in [0.4, 0.5) is 4.39 Å². The lowest BCUT2D eigenvalue weighted by Crippen LogP contribution is -2.34. The third kappa shape index (κ3) is 8.41. The first-order valence-corrected chi connectivity index (χ1v) is 5.64. The van der Waals surface area contributed by atoms with Crippen molar-refractivity contribution in [2.45, 2.75) is 6.92 Å². The molecule has 0 aromatic heterocycles. The first-order chi connectivity index (χ1) is 8.58. The minimum atomic E-state index is -0.317. The third-order valence-electron chi connectivity index (χ3n) is 1.99. The summed E-state index contributed by atoms with van der Waals surface area (Å²) in [6.07, 6.45) is 0. The van der Waals surface area contributed by atoms with E-state index in [2.05, 4.69) is 16.9 Å². The van der Waals surface area contributed by atoms with Crippen LogP contribution in [0.5, 0.6) is 5.75 Å². The molecular weight excluding hydrogens is 360 g/mol. The predicted octanol–water partition coefficient (Wildman–Crippen LogP) is 2.30.